The number of nitrogens with two attached hydrogens (primary N) is 1. The molecule has 1 aliphatic rings. The molecule has 0 bridgehead atoms. The molecule has 1 saturated heterocycles. The third-order valence-electron chi connectivity index (χ3n) is 3.18. The van der Waals surface area contributed by atoms with Gasteiger partial charge in [-0.3, -0.25) is 9.59 Å². The zero-order valence-corrected chi connectivity index (χ0v) is 11.2. The zero-order chi connectivity index (χ0) is 13.2. The highest BCUT2D eigenvalue weighted by Crippen LogP contribution is 2.19. The minimum Gasteiger partial charge on any atom is -0.344 e. The van der Waals surface area contributed by atoms with Crippen molar-refractivity contribution in [1.82, 2.24) is 9.80 Å². The molecule has 0 spiro atoms. The molecule has 1 heterocycles. The van der Waals surface area contributed by atoms with Gasteiger partial charge in [0.2, 0.25) is 11.8 Å². The number of rotatable bonds is 1. The standard InChI is InChI=1S/C12H23N3O2/c1-12(2,3)10(13)11(17)15-7-5-6-14(4)9(16)8-15/h10H,5-8,13H2,1-4H3/t10-/m0/s1. The lowest BCUT2D eigenvalue weighted by Gasteiger charge is -2.31. The molecule has 5 heteroatoms. The highest BCUT2D eigenvalue weighted by Gasteiger charge is 2.33. The van der Waals surface area contributed by atoms with Crippen molar-refractivity contribution in [3.63, 3.8) is 0 Å². The maximum atomic E-state index is 12.2. The van der Waals surface area contributed by atoms with Gasteiger partial charge in [0.05, 0.1) is 12.6 Å². The van der Waals surface area contributed by atoms with Crippen molar-refractivity contribution in [2.75, 3.05) is 26.7 Å². The Balaban J connectivity index is 2.72. The molecule has 1 atom stereocenters. The SMILES string of the molecule is CN1CCCN(C(=O)[C@H](N)C(C)(C)C)CC1=O. The summed E-state index contributed by atoms with van der Waals surface area (Å²) in [4.78, 5) is 27.1. The van der Waals surface area contributed by atoms with Gasteiger partial charge >= 0.3 is 0 Å². The van der Waals surface area contributed by atoms with Crippen molar-refractivity contribution < 1.29 is 9.59 Å². The summed E-state index contributed by atoms with van der Waals surface area (Å²) in [5.41, 5.74) is 5.66. The van der Waals surface area contributed by atoms with Crippen LogP contribution in [0.3, 0.4) is 0 Å². The smallest absolute Gasteiger partial charge is 0.241 e. The van der Waals surface area contributed by atoms with Crippen molar-refractivity contribution >= 4 is 11.8 Å². The number of hydrogen-bond donors (Lipinski definition) is 1. The zero-order valence-electron chi connectivity index (χ0n) is 11.2. The topological polar surface area (TPSA) is 66.6 Å². The van der Waals surface area contributed by atoms with E-state index in [4.69, 9.17) is 5.73 Å². The Hall–Kier alpha value is -1.10. The number of carbonyl (C=O) groups excluding carboxylic acids is 2. The van der Waals surface area contributed by atoms with Gasteiger partial charge in [-0.25, -0.2) is 0 Å². The Kier molecular flexibility index (Phi) is 4.14. The van der Waals surface area contributed by atoms with Crippen LogP contribution in [0.5, 0.6) is 0 Å². The van der Waals surface area contributed by atoms with Gasteiger partial charge in [0, 0.05) is 20.1 Å². The Morgan fingerprint density at radius 2 is 1.94 bits per heavy atom. The third-order valence-corrected chi connectivity index (χ3v) is 3.18. The van der Waals surface area contributed by atoms with E-state index in [1.165, 1.54) is 0 Å². The molecule has 0 unspecified atom stereocenters. The molecule has 2 amide bonds. The van der Waals surface area contributed by atoms with Gasteiger partial charge in [-0.1, -0.05) is 20.8 Å². The van der Waals surface area contributed by atoms with Crippen molar-refractivity contribution in [2.24, 2.45) is 11.1 Å². The first-order chi connectivity index (χ1) is 7.73. The van der Waals surface area contributed by atoms with Crippen molar-refractivity contribution in [2.45, 2.75) is 33.2 Å². The van der Waals surface area contributed by atoms with Crippen LogP contribution in [0, 0.1) is 5.41 Å². The molecule has 0 aromatic carbocycles. The van der Waals surface area contributed by atoms with E-state index in [1.807, 2.05) is 20.8 Å². The maximum absolute atomic E-state index is 12.2. The summed E-state index contributed by atoms with van der Waals surface area (Å²) in [6.45, 7) is 7.26. The molecule has 1 rings (SSSR count). The lowest BCUT2D eigenvalue weighted by Crippen LogP contribution is -2.51. The van der Waals surface area contributed by atoms with E-state index in [2.05, 4.69) is 0 Å². The average molecular weight is 241 g/mol. The Morgan fingerprint density at radius 1 is 1.35 bits per heavy atom. The lowest BCUT2D eigenvalue weighted by atomic mass is 9.86. The van der Waals surface area contributed by atoms with Crippen LogP contribution >= 0.6 is 0 Å². The fourth-order valence-corrected chi connectivity index (χ4v) is 1.74. The van der Waals surface area contributed by atoms with E-state index in [0.717, 1.165) is 6.42 Å². The molecule has 0 radical (unpaired) electrons. The second-order valence-electron chi connectivity index (χ2n) is 5.77. The van der Waals surface area contributed by atoms with Crippen LogP contribution in [-0.2, 0) is 9.59 Å². The molecule has 98 valence electrons. The van der Waals surface area contributed by atoms with Gasteiger partial charge in [-0.15, -0.1) is 0 Å². The monoisotopic (exact) mass is 241 g/mol. The maximum Gasteiger partial charge on any atom is 0.241 e. The van der Waals surface area contributed by atoms with E-state index in [0.29, 0.717) is 13.1 Å². The molecule has 5 nitrogen and oxygen atoms in total. The van der Waals surface area contributed by atoms with Crippen LogP contribution in [-0.4, -0.2) is 54.3 Å². The van der Waals surface area contributed by atoms with Crippen LogP contribution in [0.15, 0.2) is 0 Å². The highest BCUT2D eigenvalue weighted by molar-refractivity contribution is 5.88. The normalized spacial score (nSPS) is 20.2. The lowest BCUT2D eigenvalue weighted by molar-refractivity contribution is -0.140. The van der Waals surface area contributed by atoms with Crippen LogP contribution in [0.2, 0.25) is 0 Å². The minimum atomic E-state index is -0.557. The Labute approximate surface area is 103 Å². The summed E-state index contributed by atoms with van der Waals surface area (Å²) in [5, 5.41) is 0. The molecule has 2 N–H and O–H groups in total. The molecule has 17 heavy (non-hydrogen) atoms. The number of nitrogens with zero attached hydrogens (tertiary/aromatic N) is 2. The van der Waals surface area contributed by atoms with Crippen LogP contribution in [0.4, 0.5) is 0 Å². The number of likely N-dealkylation sites (N-methyl/N-ethyl adjacent to an activating group) is 1. The molecule has 0 saturated carbocycles. The number of carbonyl (C=O) groups is 2. The van der Waals surface area contributed by atoms with E-state index in [9.17, 15) is 9.59 Å². The quantitative estimate of drug-likeness (QED) is 0.705. The predicted molar refractivity (Wildman–Crippen MR) is 66.3 cm³/mol. The van der Waals surface area contributed by atoms with E-state index in [-0.39, 0.29) is 23.8 Å². The van der Waals surface area contributed by atoms with Crippen LogP contribution in [0.1, 0.15) is 27.2 Å². The summed E-state index contributed by atoms with van der Waals surface area (Å²) >= 11 is 0. The second-order valence-corrected chi connectivity index (χ2v) is 5.77. The fraction of sp³-hybridized carbons (Fsp3) is 0.833. The summed E-state index contributed by atoms with van der Waals surface area (Å²) < 4.78 is 0. The first-order valence-corrected chi connectivity index (χ1v) is 6.02. The molecule has 1 aliphatic heterocycles. The molecule has 0 aliphatic carbocycles. The summed E-state index contributed by atoms with van der Waals surface area (Å²) in [7, 11) is 1.76. The van der Waals surface area contributed by atoms with Gasteiger partial charge in [-0.2, -0.15) is 0 Å². The highest BCUT2D eigenvalue weighted by atomic mass is 16.2. The molecule has 0 aromatic rings. The van der Waals surface area contributed by atoms with Crippen molar-refractivity contribution in [1.29, 1.82) is 0 Å². The van der Waals surface area contributed by atoms with Crippen LogP contribution < -0.4 is 5.73 Å². The molecule has 0 aromatic heterocycles. The second kappa shape index (κ2) is 5.04. The predicted octanol–water partition coefficient (Wildman–Crippen LogP) is 0.0505. The van der Waals surface area contributed by atoms with Crippen LogP contribution in [0.25, 0.3) is 0 Å². The largest absolute Gasteiger partial charge is 0.344 e. The molecular formula is C12H23N3O2. The van der Waals surface area contributed by atoms with E-state index in [1.54, 1.807) is 16.8 Å². The number of hydrogen-bond acceptors (Lipinski definition) is 3. The Bertz CT molecular complexity index is 309. The summed E-state index contributed by atoms with van der Waals surface area (Å²) in [5.74, 6) is -0.141. The molecule has 1 fully saturated rings. The number of amides is 2. The van der Waals surface area contributed by atoms with Gasteiger partial charge in [0.15, 0.2) is 0 Å². The van der Waals surface area contributed by atoms with Gasteiger partial charge in [0.25, 0.3) is 0 Å². The summed E-state index contributed by atoms with van der Waals surface area (Å²) in [6.07, 6.45) is 0.810. The average Bonchev–Trinajstić information content (AvgIpc) is 2.38. The minimum absolute atomic E-state index is 0.0167. The first kappa shape index (κ1) is 14.0. The summed E-state index contributed by atoms with van der Waals surface area (Å²) in [6, 6.07) is -0.557. The fourth-order valence-electron chi connectivity index (χ4n) is 1.74. The van der Waals surface area contributed by atoms with E-state index >= 15 is 0 Å². The van der Waals surface area contributed by atoms with Gasteiger partial charge in [-0.05, 0) is 11.8 Å². The van der Waals surface area contributed by atoms with Crippen molar-refractivity contribution in [3.05, 3.63) is 0 Å². The Morgan fingerprint density at radius 3 is 2.47 bits per heavy atom. The first-order valence-electron chi connectivity index (χ1n) is 6.02. The third kappa shape index (κ3) is 3.43. The van der Waals surface area contributed by atoms with Gasteiger partial charge < -0.3 is 15.5 Å². The van der Waals surface area contributed by atoms with Gasteiger partial charge in [0.1, 0.15) is 0 Å². The molecular weight excluding hydrogens is 218 g/mol. The van der Waals surface area contributed by atoms with Crippen molar-refractivity contribution in [3.8, 4) is 0 Å². The van der Waals surface area contributed by atoms with E-state index < -0.39 is 6.04 Å².